The second-order valence-corrected chi connectivity index (χ2v) is 4.16. The maximum absolute atomic E-state index is 12.1. The summed E-state index contributed by atoms with van der Waals surface area (Å²) in [5, 5.41) is 0. The fourth-order valence-corrected chi connectivity index (χ4v) is 1.89. The minimum Gasteiger partial charge on any atom is -0.496 e. The van der Waals surface area contributed by atoms with E-state index in [2.05, 4.69) is 4.74 Å². The monoisotopic (exact) mass is 250 g/mol. The van der Waals surface area contributed by atoms with E-state index in [1.807, 2.05) is 26.0 Å². The Morgan fingerprint density at radius 3 is 2.33 bits per heavy atom. The topological polar surface area (TPSA) is 52.6 Å². The minimum absolute atomic E-state index is 0.0891. The lowest BCUT2D eigenvalue weighted by Crippen LogP contribution is -2.09. The van der Waals surface area contributed by atoms with E-state index in [1.54, 1.807) is 0 Å². The summed E-state index contributed by atoms with van der Waals surface area (Å²) < 4.78 is 9.74. The summed E-state index contributed by atoms with van der Waals surface area (Å²) in [6.45, 7) is 3.80. The van der Waals surface area contributed by atoms with E-state index in [0.29, 0.717) is 11.3 Å². The molecule has 0 radical (unpaired) electrons. The van der Waals surface area contributed by atoms with Crippen molar-refractivity contribution in [3.63, 3.8) is 0 Å². The molecule has 0 N–H and O–H groups in total. The van der Waals surface area contributed by atoms with Gasteiger partial charge in [0.1, 0.15) is 5.75 Å². The van der Waals surface area contributed by atoms with E-state index in [0.717, 1.165) is 11.1 Å². The van der Waals surface area contributed by atoms with Crippen LogP contribution in [0.25, 0.3) is 0 Å². The van der Waals surface area contributed by atoms with Crippen molar-refractivity contribution in [1.82, 2.24) is 0 Å². The van der Waals surface area contributed by atoms with Gasteiger partial charge in [-0.25, -0.2) is 0 Å². The summed E-state index contributed by atoms with van der Waals surface area (Å²) in [6.07, 6.45) is 0.221. The first-order chi connectivity index (χ1) is 8.49. The number of hydrogen-bond acceptors (Lipinski definition) is 4. The van der Waals surface area contributed by atoms with Crippen molar-refractivity contribution in [3.05, 3.63) is 28.8 Å². The summed E-state index contributed by atoms with van der Waals surface area (Å²) in [6, 6.07) is 3.74. The van der Waals surface area contributed by atoms with Crippen LogP contribution >= 0.6 is 0 Å². The molecule has 0 atom stereocenters. The summed E-state index contributed by atoms with van der Waals surface area (Å²) in [7, 11) is 2.84. The molecule has 0 saturated carbocycles. The second kappa shape index (κ2) is 6.19. The summed E-state index contributed by atoms with van der Waals surface area (Å²) in [5.74, 6) is 0.0733. The Labute approximate surface area is 107 Å². The van der Waals surface area contributed by atoms with Gasteiger partial charge in [-0.3, -0.25) is 9.59 Å². The van der Waals surface area contributed by atoms with Gasteiger partial charge in [-0.05, 0) is 31.0 Å². The van der Waals surface area contributed by atoms with E-state index in [-0.39, 0.29) is 24.6 Å². The fraction of sp³-hybridized carbons (Fsp3) is 0.429. The fourth-order valence-electron chi connectivity index (χ4n) is 1.89. The number of aryl methyl sites for hydroxylation is 2. The first kappa shape index (κ1) is 14.2. The van der Waals surface area contributed by atoms with Gasteiger partial charge in [0.25, 0.3) is 0 Å². The van der Waals surface area contributed by atoms with Gasteiger partial charge in [0.05, 0.1) is 26.2 Å². The van der Waals surface area contributed by atoms with Crippen LogP contribution in [0.5, 0.6) is 5.75 Å². The number of carbonyl (C=O) groups is 2. The van der Waals surface area contributed by atoms with Gasteiger partial charge in [-0.2, -0.15) is 0 Å². The van der Waals surface area contributed by atoms with E-state index in [4.69, 9.17) is 4.74 Å². The Bertz CT molecular complexity index is 463. The van der Waals surface area contributed by atoms with Crippen LogP contribution in [-0.4, -0.2) is 26.0 Å². The number of hydrogen-bond donors (Lipinski definition) is 0. The molecule has 4 heteroatoms. The zero-order valence-electron chi connectivity index (χ0n) is 11.2. The first-order valence-corrected chi connectivity index (χ1v) is 5.74. The zero-order chi connectivity index (χ0) is 13.7. The van der Waals surface area contributed by atoms with Crippen molar-refractivity contribution in [2.75, 3.05) is 14.2 Å². The molecule has 0 heterocycles. The molecule has 98 valence electrons. The molecule has 1 rings (SSSR count). The molecule has 0 aromatic heterocycles. The molecule has 0 fully saturated rings. The highest BCUT2D eigenvalue weighted by molar-refractivity contribution is 6.01. The van der Waals surface area contributed by atoms with Gasteiger partial charge in [0.2, 0.25) is 0 Å². The van der Waals surface area contributed by atoms with Crippen LogP contribution in [0.3, 0.4) is 0 Å². The third kappa shape index (κ3) is 3.32. The van der Waals surface area contributed by atoms with Crippen molar-refractivity contribution >= 4 is 11.8 Å². The summed E-state index contributed by atoms with van der Waals surface area (Å²) in [5.41, 5.74) is 2.45. The number of ketones is 1. The van der Waals surface area contributed by atoms with Gasteiger partial charge >= 0.3 is 5.97 Å². The molecule has 0 aliphatic carbocycles. The van der Waals surface area contributed by atoms with Crippen LogP contribution in [0.2, 0.25) is 0 Å². The van der Waals surface area contributed by atoms with Crippen LogP contribution in [0.15, 0.2) is 12.1 Å². The number of ether oxygens (including phenoxy) is 2. The molecule has 0 aliphatic rings. The Kier molecular flexibility index (Phi) is 4.89. The molecule has 1 aromatic rings. The predicted octanol–water partition coefficient (Wildman–Crippen LogP) is 2.45. The van der Waals surface area contributed by atoms with Crippen molar-refractivity contribution in [2.24, 2.45) is 0 Å². The van der Waals surface area contributed by atoms with Crippen LogP contribution in [-0.2, 0) is 9.53 Å². The highest BCUT2D eigenvalue weighted by Gasteiger charge is 2.17. The van der Waals surface area contributed by atoms with Crippen molar-refractivity contribution in [3.8, 4) is 5.75 Å². The molecule has 4 nitrogen and oxygen atoms in total. The normalized spacial score (nSPS) is 10.0. The van der Waals surface area contributed by atoms with E-state index >= 15 is 0 Å². The highest BCUT2D eigenvalue weighted by atomic mass is 16.5. The predicted molar refractivity (Wildman–Crippen MR) is 68.0 cm³/mol. The Morgan fingerprint density at radius 2 is 1.78 bits per heavy atom. The molecular weight excluding hydrogens is 232 g/mol. The number of methoxy groups -OCH3 is 2. The molecule has 0 bridgehead atoms. The maximum Gasteiger partial charge on any atom is 0.305 e. The van der Waals surface area contributed by atoms with E-state index < -0.39 is 0 Å². The minimum atomic E-state index is -0.382. The molecule has 0 unspecified atom stereocenters. The molecule has 0 spiro atoms. The van der Waals surface area contributed by atoms with Crippen molar-refractivity contribution in [1.29, 1.82) is 0 Å². The van der Waals surface area contributed by atoms with Crippen molar-refractivity contribution < 1.29 is 19.1 Å². The quantitative estimate of drug-likeness (QED) is 0.595. The smallest absolute Gasteiger partial charge is 0.305 e. The van der Waals surface area contributed by atoms with Gasteiger partial charge in [-0.15, -0.1) is 0 Å². The summed E-state index contributed by atoms with van der Waals surface area (Å²) in [4.78, 5) is 23.1. The average Bonchev–Trinajstić information content (AvgIpc) is 2.34. The largest absolute Gasteiger partial charge is 0.496 e. The van der Waals surface area contributed by atoms with Crippen molar-refractivity contribution in [2.45, 2.75) is 26.7 Å². The number of esters is 1. The number of Topliss-reactive ketones (excluding diaryl/α,β-unsaturated/α-hetero) is 1. The lowest BCUT2D eigenvalue weighted by atomic mass is 9.98. The standard InChI is InChI=1S/C14H18O4/c1-9-7-10(2)14(12(8-9)17-3)11(15)5-6-13(16)18-4/h7-8H,5-6H2,1-4H3. The third-order valence-electron chi connectivity index (χ3n) is 2.73. The third-order valence-corrected chi connectivity index (χ3v) is 2.73. The molecule has 0 amide bonds. The number of benzene rings is 1. The van der Waals surface area contributed by atoms with Crippen LogP contribution in [0, 0.1) is 13.8 Å². The van der Waals surface area contributed by atoms with Gasteiger partial charge < -0.3 is 9.47 Å². The molecule has 0 saturated heterocycles. The van der Waals surface area contributed by atoms with Crippen LogP contribution in [0.1, 0.15) is 34.3 Å². The van der Waals surface area contributed by atoms with Gasteiger partial charge in [0.15, 0.2) is 5.78 Å². The summed E-state index contributed by atoms with van der Waals surface area (Å²) >= 11 is 0. The van der Waals surface area contributed by atoms with Crippen LogP contribution in [0.4, 0.5) is 0 Å². The molecule has 0 aliphatic heterocycles. The number of carbonyl (C=O) groups excluding carboxylic acids is 2. The second-order valence-electron chi connectivity index (χ2n) is 4.16. The maximum atomic E-state index is 12.1. The Morgan fingerprint density at radius 1 is 1.11 bits per heavy atom. The molecular formula is C14H18O4. The molecule has 18 heavy (non-hydrogen) atoms. The Hall–Kier alpha value is -1.84. The van der Waals surface area contributed by atoms with Gasteiger partial charge in [-0.1, -0.05) is 6.07 Å². The SMILES string of the molecule is COC(=O)CCC(=O)c1c(C)cc(C)cc1OC. The average molecular weight is 250 g/mol. The first-order valence-electron chi connectivity index (χ1n) is 5.74. The van der Waals surface area contributed by atoms with Gasteiger partial charge in [0, 0.05) is 6.42 Å². The molecule has 1 aromatic carbocycles. The van der Waals surface area contributed by atoms with Crippen LogP contribution < -0.4 is 4.74 Å². The zero-order valence-corrected chi connectivity index (χ0v) is 11.2. The lowest BCUT2D eigenvalue weighted by Gasteiger charge is -2.11. The highest BCUT2D eigenvalue weighted by Crippen LogP contribution is 2.25. The Balaban J connectivity index is 2.94. The number of rotatable bonds is 5. The van der Waals surface area contributed by atoms with E-state index in [9.17, 15) is 9.59 Å². The van der Waals surface area contributed by atoms with E-state index in [1.165, 1.54) is 14.2 Å². The lowest BCUT2D eigenvalue weighted by molar-refractivity contribution is -0.140.